The lowest BCUT2D eigenvalue weighted by Crippen LogP contribution is -1.83. The van der Waals surface area contributed by atoms with E-state index in [0.29, 0.717) is 0 Å². The Labute approximate surface area is 190 Å². The minimum absolute atomic E-state index is 1.32. The van der Waals surface area contributed by atoms with E-state index in [1.807, 2.05) is 0 Å². The number of aryl methyl sites for hydroxylation is 4. The van der Waals surface area contributed by atoms with Crippen LogP contribution in [0.4, 0.5) is 0 Å². The van der Waals surface area contributed by atoms with E-state index in [9.17, 15) is 0 Å². The van der Waals surface area contributed by atoms with Crippen molar-refractivity contribution >= 4 is 43.1 Å². The predicted octanol–water partition coefficient (Wildman–Crippen LogP) is 9.22. The van der Waals surface area contributed by atoms with Crippen LogP contribution < -0.4 is 0 Å². The summed E-state index contributed by atoms with van der Waals surface area (Å²) in [5.41, 5.74) is 5.36. The normalized spacial score (nSPS) is 11.1. The third kappa shape index (κ3) is 3.63. The molecule has 0 N–H and O–H groups in total. The standard InChI is InChI=1S/2C16H14/c1-11-6-9-15-14(10-11)8-7-13-5-3-4-12(2)16(13)15;1-11-7-8-15-14-6-4-3-5-13(14)10-12(2)16(15)9-11/h2*3-10H,1-2H3. The monoisotopic (exact) mass is 412 g/mol. The Morgan fingerprint density at radius 2 is 1.03 bits per heavy atom. The maximum atomic E-state index is 2.27. The Bertz CT molecular complexity index is 1600. The largest absolute Gasteiger partial charge is 0.0616 e. The summed E-state index contributed by atoms with van der Waals surface area (Å²) < 4.78 is 0. The number of benzene rings is 6. The highest BCUT2D eigenvalue weighted by Crippen LogP contribution is 2.29. The van der Waals surface area contributed by atoms with Gasteiger partial charge in [-0.3, -0.25) is 0 Å². The molecule has 0 aliphatic carbocycles. The minimum Gasteiger partial charge on any atom is -0.0616 e. The molecule has 0 atom stereocenters. The molecule has 0 saturated carbocycles. The Balaban J connectivity index is 0.000000135. The molecule has 0 aliphatic heterocycles. The zero-order valence-corrected chi connectivity index (χ0v) is 19.2. The Morgan fingerprint density at radius 1 is 0.375 bits per heavy atom. The molecule has 0 saturated heterocycles. The van der Waals surface area contributed by atoms with Crippen molar-refractivity contribution in [2.75, 3.05) is 0 Å². The van der Waals surface area contributed by atoms with E-state index in [-0.39, 0.29) is 0 Å². The molecule has 0 heteroatoms. The van der Waals surface area contributed by atoms with Crippen LogP contribution in [-0.2, 0) is 0 Å². The Kier molecular flexibility index (Phi) is 5.15. The summed E-state index contributed by atoms with van der Waals surface area (Å²) in [4.78, 5) is 0. The van der Waals surface area contributed by atoms with Gasteiger partial charge in [0.2, 0.25) is 0 Å². The summed E-state index contributed by atoms with van der Waals surface area (Å²) in [5.74, 6) is 0. The molecule has 0 aromatic heterocycles. The van der Waals surface area contributed by atoms with Crippen molar-refractivity contribution < 1.29 is 0 Å². The fourth-order valence-electron chi connectivity index (χ4n) is 4.82. The first kappa shape index (κ1) is 20.3. The minimum atomic E-state index is 1.32. The molecule has 156 valence electrons. The van der Waals surface area contributed by atoms with E-state index in [0.717, 1.165) is 0 Å². The highest BCUT2D eigenvalue weighted by molar-refractivity contribution is 6.10. The van der Waals surface area contributed by atoms with Crippen molar-refractivity contribution in [2.45, 2.75) is 27.7 Å². The summed E-state index contributed by atoms with van der Waals surface area (Å²) in [6.45, 7) is 8.66. The van der Waals surface area contributed by atoms with E-state index in [1.165, 1.54) is 65.3 Å². The summed E-state index contributed by atoms with van der Waals surface area (Å²) in [6.07, 6.45) is 0. The van der Waals surface area contributed by atoms with Crippen molar-refractivity contribution in [3.8, 4) is 0 Å². The summed E-state index contributed by atoms with van der Waals surface area (Å²) in [7, 11) is 0. The van der Waals surface area contributed by atoms with Gasteiger partial charge in [-0.05, 0) is 81.9 Å². The average Bonchev–Trinajstić information content (AvgIpc) is 2.79. The zero-order valence-electron chi connectivity index (χ0n) is 19.2. The van der Waals surface area contributed by atoms with Gasteiger partial charge in [0.1, 0.15) is 0 Å². The fourth-order valence-corrected chi connectivity index (χ4v) is 4.82. The van der Waals surface area contributed by atoms with Crippen molar-refractivity contribution in [1.82, 2.24) is 0 Å². The lowest BCUT2D eigenvalue weighted by atomic mass is 9.97. The van der Waals surface area contributed by atoms with E-state index in [1.54, 1.807) is 0 Å². The molecule has 0 bridgehead atoms. The molecule has 0 nitrogen and oxygen atoms in total. The molecule has 32 heavy (non-hydrogen) atoms. The number of fused-ring (bicyclic) bond motifs is 6. The molecule has 0 heterocycles. The van der Waals surface area contributed by atoms with Crippen molar-refractivity contribution in [3.05, 3.63) is 119 Å². The van der Waals surface area contributed by atoms with Gasteiger partial charge in [0.15, 0.2) is 0 Å². The molecule has 6 rings (SSSR count). The number of rotatable bonds is 0. The van der Waals surface area contributed by atoms with Gasteiger partial charge in [-0.2, -0.15) is 0 Å². The predicted molar refractivity (Wildman–Crippen MR) is 142 cm³/mol. The molecule has 0 radical (unpaired) electrons. The third-order valence-corrected chi connectivity index (χ3v) is 6.45. The number of hydrogen-bond acceptors (Lipinski definition) is 0. The quantitative estimate of drug-likeness (QED) is 0.218. The van der Waals surface area contributed by atoms with Gasteiger partial charge in [0.05, 0.1) is 0 Å². The van der Waals surface area contributed by atoms with Gasteiger partial charge in [0.25, 0.3) is 0 Å². The van der Waals surface area contributed by atoms with Crippen LogP contribution in [0, 0.1) is 27.7 Å². The first-order valence-electron chi connectivity index (χ1n) is 11.3. The van der Waals surface area contributed by atoms with E-state index in [2.05, 4.69) is 125 Å². The molecule has 0 amide bonds. The number of hydrogen-bond donors (Lipinski definition) is 0. The molecule has 6 aromatic carbocycles. The van der Waals surface area contributed by atoms with Crippen LogP contribution in [0.15, 0.2) is 97.1 Å². The average molecular weight is 413 g/mol. The van der Waals surface area contributed by atoms with Crippen LogP contribution >= 0.6 is 0 Å². The van der Waals surface area contributed by atoms with Crippen LogP contribution in [0.25, 0.3) is 43.1 Å². The topological polar surface area (TPSA) is 0 Å². The zero-order chi connectivity index (χ0) is 22.2. The van der Waals surface area contributed by atoms with Gasteiger partial charge in [0, 0.05) is 0 Å². The maximum absolute atomic E-state index is 2.27. The molecular weight excluding hydrogens is 384 g/mol. The van der Waals surface area contributed by atoms with Gasteiger partial charge < -0.3 is 0 Å². The smallest absolute Gasteiger partial charge is 0.00761 e. The first-order chi connectivity index (χ1) is 15.5. The van der Waals surface area contributed by atoms with Crippen LogP contribution in [0.2, 0.25) is 0 Å². The maximum Gasteiger partial charge on any atom is -0.00761 e. The molecule has 0 spiro atoms. The molecule has 0 unspecified atom stereocenters. The highest BCUT2D eigenvalue weighted by atomic mass is 14.1. The molecule has 0 fully saturated rings. The van der Waals surface area contributed by atoms with E-state index in [4.69, 9.17) is 0 Å². The fraction of sp³-hybridized carbons (Fsp3) is 0.125. The van der Waals surface area contributed by atoms with Crippen molar-refractivity contribution in [2.24, 2.45) is 0 Å². The Morgan fingerprint density at radius 3 is 1.88 bits per heavy atom. The van der Waals surface area contributed by atoms with Gasteiger partial charge in [-0.1, -0.05) is 108 Å². The lowest BCUT2D eigenvalue weighted by Gasteiger charge is -2.08. The Hall–Kier alpha value is -3.64. The van der Waals surface area contributed by atoms with Gasteiger partial charge >= 0.3 is 0 Å². The summed E-state index contributed by atoms with van der Waals surface area (Å²) >= 11 is 0. The van der Waals surface area contributed by atoms with Gasteiger partial charge in [-0.15, -0.1) is 0 Å². The summed E-state index contributed by atoms with van der Waals surface area (Å²) in [5, 5.41) is 10.8. The lowest BCUT2D eigenvalue weighted by molar-refractivity contribution is 1.48. The van der Waals surface area contributed by atoms with Gasteiger partial charge in [-0.25, -0.2) is 0 Å². The SMILES string of the molecule is Cc1ccc2c(c1)c(C)cc1ccccc12.Cc1ccc2c(ccc3cccc(C)c32)c1. The molecular formula is C32H28. The second kappa shape index (κ2) is 8.13. The highest BCUT2D eigenvalue weighted by Gasteiger charge is 2.04. The summed E-state index contributed by atoms with van der Waals surface area (Å²) in [6, 6.07) is 35.2. The third-order valence-electron chi connectivity index (χ3n) is 6.45. The van der Waals surface area contributed by atoms with Crippen molar-refractivity contribution in [3.63, 3.8) is 0 Å². The van der Waals surface area contributed by atoms with Crippen molar-refractivity contribution in [1.29, 1.82) is 0 Å². The molecule has 6 aromatic rings. The second-order valence-corrected chi connectivity index (χ2v) is 8.93. The van der Waals surface area contributed by atoms with Crippen LogP contribution in [0.5, 0.6) is 0 Å². The molecule has 0 aliphatic rings. The van der Waals surface area contributed by atoms with E-state index < -0.39 is 0 Å². The van der Waals surface area contributed by atoms with E-state index >= 15 is 0 Å². The second-order valence-electron chi connectivity index (χ2n) is 8.93. The van der Waals surface area contributed by atoms with Crippen LogP contribution in [0.3, 0.4) is 0 Å². The van der Waals surface area contributed by atoms with Crippen LogP contribution in [0.1, 0.15) is 22.3 Å². The van der Waals surface area contributed by atoms with Crippen LogP contribution in [-0.4, -0.2) is 0 Å². The first-order valence-corrected chi connectivity index (χ1v) is 11.3.